The highest BCUT2D eigenvalue weighted by atomic mass is 32.1. The summed E-state index contributed by atoms with van der Waals surface area (Å²) in [5.74, 6) is -0.833. The molecule has 1 aromatic heterocycles. The van der Waals surface area contributed by atoms with Gasteiger partial charge >= 0.3 is 5.97 Å². The summed E-state index contributed by atoms with van der Waals surface area (Å²) in [5.41, 5.74) is 0. The molecule has 1 aliphatic rings. The number of aryl methyl sites for hydroxylation is 1. The Balaban J connectivity index is 1.68. The first-order chi connectivity index (χ1) is 9.16. The summed E-state index contributed by atoms with van der Waals surface area (Å²) < 4.78 is 0. The molecule has 1 amide bonds. The van der Waals surface area contributed by atoms with E-state index in [0.717, 1.165) is 12.8 Å². The molecule has 0 aliphatic carbocycles. The molecule has 1 fully saturated rings. The molecule has 5 heteroatoms. The third-order valence-corrected chi connectivity index (χ3v) is 4.53. The van der Waals surface area contributed by atoms with Gasteiger partial charge in [-0.15, -0.1) is 11.3 Å². The molecule has 0 saturated carbocycles. The van der Waals surface area contributed by atoms with Gasteiger partial charge < -0.3 is 10.0 Å². The van der Waals surface area contributed by atoms with Crippen molar-refractivity contribution in [1.29, 1.82) is 0 Å². The van der Waals surface area contributed by atoms with Crippen LogP contribution in [0.5, 0.6) is 0 Å². The van der Waals surface area contributed by atoms with E-state index in [1.54, 1.807) is 11.3 Å². The van der Waals surface area contributed by atoms with Gasteiger partial charge in [-0.1, -0.05) is 6.07 Å². The molecule has 0 atom stereocenters. The van der Waals surface area contributed by atoms with E-state index >= 15 is 0 Å². The highest BCUT2D eigenvalue weighted by Crippen LogP contribution is 2.19. The Morgan fingerprint density at radius 2 is 2.11 bits per heavy atom. The number of carboxylic acids is 1. The summed E-state index contributed by atoms with van der Waals surface area (Å²) >= 11 is 1.72. The number of piperidine rings is 1. The number of amides is 1. The van der Waals surface area contributed by atoms with E-state index < -0.39 is 5.97 Å². The fourth-order valence-electron chi connectivity index (χ4n) is 2.40. The number of carbonyl (C=O) groups is 2. The number of likely N-dealkylation sites (tertiary alicyclic amines) is 1. The largest absolute Gasteiger partial charge is 0.481 e. The smallest absolute Gasteiger partial charge is 0.306 e. The lowest BCUT2D eigenvalue weighted by Gasteiger charge is -2.30. The van der Waals surface area contributed by atoms with Crippen LogP contribution in [0.3, 0.4) is 0 Å². The molecule has 1 aliphatic heterocycles. The van der Waals surface area contributed by atoms with Crippen LogP contribution in [0.15, 0.2) is 17.5 Å². The van der Waals surface area contributed by atoms with Crippen molar-refractivity contribution in [2.75, 3.05) is 13.1 Å². The second-order valence-corrected chi connectivity index (χ2v) is 5.96. The molecule has 104 valence electrons. The van der Waals surface area contributed by atoms with Crippen molar-refractivity contribution in [1.82, 2.24) is 4.90 Å². The first-order valence-corrected chi connectivity index (χ1v) is 7.58. The maximum absolute atomic E-state index is 12.0. The van der Waals surface area contributed by atoms with Crippen molar-refractivity contribution in [3.8, 4) is 0 Å². The number of rotatable bonds is 5. The molecule has 2 rings (SSSR count). The Labute approximate surface area is 117 Å². The van der Waals surface area contributed by atoms with E-state index in [2.05, 4.69) is 6.07 Å². The second kappa shape index (κ2) is 6.70. The lowest BCUT2D eigenvalue weighted by Crippen LogP contribution is -2.40. The minimum Gasteiger partial charge on any atom is -0.481 e. The standard InChI is InChI=1S/C14H19NO3S/c16-13(5-1-3-12-4-2-10-19-12)15-8-6-11(7-9-15)14(17)18/h2,4,10-11H,1,3,5-9H2,(H,17,18). The maximum atomic E-state index is 12.0. The van der Waals surface area contributed by atoms with Gasteiger partial charge in [0.2, 0.25) is 5.91 Å². The molecule has 0 radical (unpaired) electrons. The number of carbonyl (C=O) groups excluding carboxylic acids is 1. The van der Waals surface area contributed by atoms with Crippen LogP contribution in [0.4, 0.5) is 0 Å². The van der Waals surface area contributed by atoms with Crippen LogP contribution in [0.1, 0.15) is 30.6 Å². The lowest BCUT2D eigenvalue weighted by molar-refractivity contribution is -0.145. The Morgan fingerprint density at radius 3 is 2.68 bits per heavy atom. The third-order valence-electron chi connectivity index (χ3n) is 3.59. The zero-order valence-corrected chi connectivity index (χ0v) is 11.7. The molecule has 4 nitrogen and oxygen atoms in total. The average Bonchev–Trinajstić information content (AvgIpc) is 2.92. The minimum absolute atomic E-state index is 0.167. The van der Waals surface area contributed by atoms with Crippen LogP contribution in [-0.2, 0) is 16.0 Å². The Kier molecular flexibility index (Phi) is 4.96. The highest BCUT2D eigenvalue weighted by molar-refractivity contribution is 7.09. The van der Waals surface area contributed by atoms with Gasteiger partial charge in [-0.05, 0) is 37.1 Å². The summed E-state index contributed by atoms with van der Waals surface area (Å²) in [6.07, 6.45) is 3.57. The lowest BCUT2D eigenvalue weighted by atomic mass is 9.97. The number of carboxylic acid groups (broad SMARTS) is 1. The van der Waals surface area contributed by atoms with Crippen LogP contribution in [0.25, 0.3) is 0 Å². The van der Waals surface area contributed by atoms with Gasteiger partial charge in [-0.3, -0.25) is 9.59 Å². The molecule has 1 N–H and O–H groups in total. The van der Waals surface area contributed by atoms with Crippen LogP contribution in [-0.4, -0.2) is 35.0 Å². The normalized spacial score (nSPS) is 16.5. The number of nitrogens with zero attached hydrogens (tertiary/aromatic N) is 1. The van der Waals surface area contributed by atoms with E-state index in [0.29, 0.717) is 32.4 Å². The van der Waals surface area contributed by atoms with Crippen molar-refractivity contribution in [3.63, 3.8) is 0 Å². The van der Waals surface area contributed by atoms with E-state index in [-0.39, 0.29) is 11.8 Å². The number of aliphatic carboxylic acids is 1. The van der Waals surface area contributed by atoms with Crippen molar-refractivity contribution in [2.45, 2.75) is 32.1 Å². The first-order valence-electron chi connectivity index (χ1n) is 6.70. The zero-order valence-electron chi connectivity index (χ0n) is 10.9. The molecule has 0 spiro atoms. The topological polar surface area (TPSA) is 57.6 Å². The molecule has 0 unspecified atom stereocenters. The molecule has 0 bridgehead atoms. The predicted octanol–water partition coefficient (Wildman–Crippen LogP) is 2.39. The van der Waals surface area contributed by atoms with Gasteiger partial charge in [0, 0.05) is 24.4 Å². The molecule has 19 heavy (non-hydrogen) atoms. The van der Waals surface area contributed by atoms with E-state index in [4.69, 9.17) is 5.11 Å². The summed E-state index contributed by atoms with van der Waals surface area (Å²) in [5, 5.41) is 11.0. The van der Waals surface area contributed by atoms with Crippen molar-refractivity contribution in [2.24, 2.45) is 5.92 Å². The van der Waals surface area contributed by atoms with Gasteiger partial charge in [0.25, 0.3) is 0 Å². The van der Waals surface area contributed by atoms with Crippen LogP contribution in [0.2, 0.25) is 0 Å². The van der Waals surface area contributed by atoms with Gasteiger partial charge in [0.1, 0.15) is 0 Å². The quantitative estimate of drug-likeness (QED) is 0.901. The molecule has 2 heterocycles. The van der Waals surface area contributed by atoms with Gasteiger partial charge in [0.15, 0.2) is 0 Å². The Hall–Kier alpha value is -1.36. The number of hydrogen-bond acceptors (Lipinski definition) is 3. The molecule has 0 aromatic carbocycles. The van der Waals surface area contributed by atoms with E-state index in [1.165, 1.54) is 4.88 Å². The van der Waals surface area contributed by atoms with Gasteiger partial charge in [0.05, 0.1) is 5.92 Å². The molecular formula is C14H19NO3S. The van der Waals surface area contributed by atoms with Crippen molar-refractivity contribution >= 4 is 23.2 Å². The monoisotopic (exact) mass is 281 g/mol. The third kappa shape index (κ3) is 4.06. The van der Waals surface area contributed by atoms with E-state index in [9.17, 15) is 9.59 Å². The zero-order chi connectivity index (χ0) is 13.7. The average molecular weight is 281 g/mol. The predicted molar refractivity (Wildman–Crippen MR) is 74.2 cm³/mol. The summed E-state index contributed by atoms with van der Waals surface area (Å²) in [4.78, 5) is 25.9. The van der Waals surface area contributed by atoms with Gasteiger partial charge in [-0.2, -0.15) is 0 Å². The van der Waals surface area contributed by atoms with Crippen LogP contribution < -0.4 is 0 Å². The summed E-state index contributed by atoms with van der Waals surface area (Å²) in [7, 11) is 0. The Bertz CT molecular complexity index is 422. The Morgan fingerprint density at radius 1 is 1.37 bits per heavy atom. The second-order valence-electron chi connectivity index (χ2n) is 4.93. The highest BCUT2D eigenvalue weighted by Gasteiger charge is 2.26. The fraction of sp³-hybridized carbons (Fsp3) is 0.571. The number of thiophene rings is 1. The molecule has 1 saturated heterocycles. The van der Waals surface area contributed by atoms with Gasteiger partial charge in [-0.25, -0.2) is 0 Å². The van der Waals surface area contributed by atoms with Crippen LogP contribution in [0, 0.1) is 5.92 Å². The number of hydrogen-bond donors (Lipinski definition) is 1. The fourth-order valence-corrected chi connectivity index (χ4v) is 3.15. The maximum Gasteiger partial charge on any atom is 0.306 e. The minimum atomic E-state index is -0.732. The summed E-state index contributed by atoms with van der Waals surface area (Å²) in [6, 6.07) is 4.12. The van der Waals surface area contributed by atoms with Crippen molar-refractivity contribution in [3.05, 3.63) is 22.4 Å². The summed E-state index contributed by atoms with van der Waals surface area (Å²) in [6.45, 7) is 1.18. The SMILES string of the molecule is O=C(O)C1CCN(C(=O)CCCc2cccs2)CC1. The van der Waals surface area contributed by atoms with Crippen LogP contribution >= 0.6 is 11.3 Å². The van der Waals surface area contributed by atoms with E-state index in [1.807, 2.05) is 16.3 Å². The first kappa shape index (κ1) is 14.1. The molecular weight excluding hydrogens is 262 g/mol. The molecule has 1 aromatic rings. The van der Waals surface area contributed by atoms with Crippen molar-refractivity contribution < 1.29 is 14.7 Å².